The standard InChI is InChI=1S/C13H19N3O3S.ClH/c1-20(18,19)16-12-6-4-11(5-7-12)15-13(17)10-3-2-8-14-9-10;/h4-7,10,14,16H,2-3,8-9H2,1H3,(H,15,17);1H/t10-;/m1./s1. The number of hydrogen-bond acceptors (Lipinski definition) is 4. The number of sulfonamides is 1. The normalized spacial score (nSPS) is 18.4. The average Bonchev–Trinajstić information content (AvgIpc) is 2.40. The lowest BCUT2D eigenvalue weighted by Gasteiger charge is -2.21. The number of rotatable bonds is 4. The smallest absolute Gasteiger partial charge is 0.229 e. The van der Waals surface area contributed by atoms with Gasteiger partial charge in [-0.1, -0.05) is 0 Å². The highest BCUT2D eigenvalue weighted by atomic mass is 35.5. The molecule has 0 radical (unpaired) electrons. The molecular formula is C13H20ClN3O3S. The van der Waals surface area contributed by atoms with Crippen molar-refractivity contribution >= 4 is 39.7 Å². The molecule has 8 heteroatoms. The van der Waals surface area contributed by atoms with Gasteiger partial charge in [0.25, 0.3) is 0 Å². The van der Waals surface area contributed by atoms with Crippen molar-refractivity contribution in [2.45, 2.75) is 12.8 Å². The Labute approximate surface area is 131 Å². The van der Waals surface area contributed by atoms with E-state index < -0.39 is 10.0 Å². The predicted octanol–water partition coefficient (Wildman–Crippen LogP) is 1.42. The largest absolute Gasteiger partial charge is 0.326 e. The monoisotopic (exact) mass is 333 g/mol. The fourth-order valence-corrected chi connectivity index (χ4v) is 2.72. The van der Waals surface area contributed by atoms with Gasteiger partial charge >= 0.3 is 0 Å². The molecule has 1 atom stereocenters. The molecule has 0 aliphatic carbocycles. The predicted molar refractivity (Wildman–Crippen MR) is 86.4 cm³/mol. The van der Waals surface area contributed by atoms with Crippen LogP contribution in [0, 0.1) is 5.92 Å². The summed E-state index contributed by atoms with van der Waals surface area (Å²) in [6.07, 6.45) is 3.00. The van der Waals surface area contributed by atoms with Gasteiger partial charge in [-0.3, -0.25) is 9.52 Å². The van der Waals surface area contributed by atoms with E-state index in [1.807, 2.05) is 0 Å². The molecule has 1 aromatic carbocycles. The van der Waals surface area contributed by atoms with Gasteiger partial charge in [-0.25, -0.2) is 8.42 Å². The van der Waals surface area contributed by atoms with Crippen molar-refractivity contribution in [1.29, 1.82) is 0 Å². The third kappa shape index (κ3) is 5.91. The number of anilines is 2. The lowest BCUT2D eigenvalue weighted by molar-refractivity contribution is -0.120. The number of nitrogens with one attached hydrogen (secondary N) is 3. The highest BCUT2D eigenvalue weighted by Crippen LogP contribution is 2.17. The van der Waals surface area contributed by atoms with E-state index in [1.54, 1.807) is 24.3 Å². The van der Waals surface area contributed by atoms with E-state index in [1.165, 1.54) is 0 Å². The van der Waals surface area contributed by atoms with Crippen LogP contribution in [0.25, 0.3) is 0 Å². The van der Waals surface area contributed by atoms with Gasteiger partial charge in [-0.2, -0.15) is 0 Å². The number of carbonyl (C=O) groups is 1. The number of benzene rings is 1. The molecule has 118 valence electrons. The summed E-state index contributed by atoms with van der Waals surface area (Å²) >= 11 is 0. The van der Waals surface area contributed by atoms with Gasteiger partial charge in [0.2, 0.25) is 15.9 Å². The Morgan fingerprint density at radius 2 is 1.86 bits per heavy atom. The molecular weight excluding hydrogens is 314 g/mol. The summed E-state index contributed by atoms with van der Waals surface area (Å²) in [4.78, 5) is 12.0. The minimum Gasteiger partial charge on any atom is -0.326 e. The Bertz CT molecular complexity index is 569. The lowest BCUT2D eigenvalue weighted by atomic mass is 9.99. The van der Waals surface area contributed by atoms with E-state index in [2.05, 4.69) is 15.4 Å². The average molecular weight is 334 g/mol. The Hall–Kier alpha value is -1.31. The molecule has 1 aliphatic heterocycles. The van der Waals surface area contributed by atoms with Gasteiger partial charge in [-0.15, -0.1) is 12.4 Å². The van der Waals surface area contributed by atoms with Crippen molar-refractivity contribution in [1.82, 2.24) is 5.32 Å². The summed E-state index contributed by atoms with van der Waals surface area (Å²) in [5.74, 6) is -0.00130. The Balaban J connectivity index is 0.00000220. The fourth-order valence-electron chi connectivity index (χ4n) is 2.16. The van der Waals surface area contributed by atoms with Crippen molar-refractivity contribution in [3.05, 3.63) is 24.3 Å². The molecule has 1 amide bonds. The van der Waals surface area contributed by atoms with Crippen molar-refractivity contribution < 1.29 is 13.2 Å². The van der Waals surface area contributed by atoms with E-state index >= 15 is 0 Å². The van der Waals surface area contributed by atoms with Crippen molar-refractivity contribution in [3.63, 3.8) is 0 Å². The van der Waals surface area contributed by atoms with E-state index in [-0.39, 0.29) is 24.2 Å². The van der Waals surface area contributed by atoms with Crippen molar-refractivity contribution in [2.24, 2.45) is 5.92 Å². The van der Waals surface area contributed by atoms with Crippen molar-refractivity contribution in [2.75, 3.05) is 29.4 Å². The molecule has 2 rings (SSSR count). The quantitative estimate of drug-likeness (QED) is 0.777. The van der Waals surface area contributed by atoms with Gasteiger partial charge in [0, 0.05) is 17.9 Å². The number of hydrogen-bond donors (Lipinski definition) is 3. The summed E-state index contributed by atoms with van der Waals surface area (Å²) < 4.78 is 24.5. The highest BCUT2D eigenvalue weighted by molar-refractivity contribution is 7.92. The summed E-state index contributed by atoms with van der Waals surface area (Å²) in [6.45, 7) is 1.68. The zero-order chi connectivity index (χ0) is 14.6. The van der Waals surface area contributed by atoms with Crippen LogP contribution in [0.2, 0.25) is 0 Å². The Morgan fingerprint density at radius 3 is 2.38 bits per heavy atom. The van der Waals surface area contributed by atoms with Gasteiger partial charge in [0.15, 0.2) is 0 Å². The first-order valence-corrected chi connectivity index (χ1v) is 8.42. The third-order valence-corrected chi connectivity index (χ3v) is 3.73. The summed E-state index contributed by atoms with van der Waals surface area (Å²) in [5.41, 5.74) is 1.14. The van der Waals surface area contributed by atoms with Crippen molar-refractivity contribution in [3.8, 4) is 0 Å². The summed E-state index contributed by atoms with van der Waals surface area (Å²) in [7, 11) is -3.28. The molecule has 21 heavy (non-hydrogen) atoms. The van der Waals surface area contributed by atoms with E-state index in [9.17, 15) is 13.2 Å². The van der Waals surface area contributed by atoms with Gasteiger partial charge in [0.05, 0.1) is 12.2 Å². The molecule has 0 unspecified atom stereocenters. The number of carbonyl (C=O) groups excluding carboxylic acids is 1. The molecule has 0 bridgehead atoms. The third-order valence-electron chi connectivity index (χ3n) is 3.12. The second-order valence-electron chi connectivity index (χ2n) is 4.98. The maximum absolute atomic E-state index is 12.0. The maximum atomic E-state index is 12.0. The van der Waals surface area contributed by atoms with Crippen LogP contribution in [0.4, 0.5) is 11.4 Å². The van der Waals surface area contributed by atoms with Crippen LogP contribution in [-0.4, -0.2) is 33.7 Å². The van der Waals surface area contributed by atoms with Crippen LogP contribution < -0.4 is 15.4 Å². The molecule has 0 saturated carbocycles. The zero-order valence-corrected chi connectivity index (χ0v) is 13.4. The lowest BCUT2D eigenvalue weighted by Crippen LogP contribution is -2.37. The summed E-state index contributed by atoms with van der Waals surface area (Å²) in [5, 5.41) is 6.04. The molecule has 0 spiro atoms. The topological polar surface area (TPSA) is 87.3 Å². The first-order chi connectivity index (χ1) is 9.44. The molecule has 1 saturated heterocycles. The number of amides is 1. The Morgan fingerprint density at radius 1 is 1.24 bits per heavy atom. The minimum absolute atomic E-state index is 0. The van der Waals surface area contributed by atoms with Crippen LogP contribution in [0.15, 0.2) is 24.3 Å². The summed E-state index contributed by atoms with van der Waals surface area (Å²) in [6, 6.07) is 6.61. The van der Waals surface area contributed by atoms with Gasteiger partial charge in [-0.05, 0) is 43.7 Å². The zero-order valence-electron chi connectivity index (χ0n) is 11.8. The van der Waals surface area contributed by atoms with Crippen LogP contribution in [0.5, 0.6) is 0 Å². The number of piperidine rings is 1. The number of halogens is 1. The molecule has 1 fully saturated rings. The first-order valence-electron chi connectivity index (χ1n) is 6.53. The minimum atomic E-state index is -3.28. The maximum Gasteiger partial charge on any atom is 0.229 e. The SMILES string of the molecule is CS(=O)(=O)Nc1ccc(NC(=O)[C@@H]2CCCNC2)cc1.Cl. The Kier molecular flexibility index (Phi) is 6.44. The van der Waals surface area contributed by atoms with Crippen LogP contribution in [-0.2, 0) is 14.8 Å². The molecule has 1 aromatic rings. The van der Waals surface area contributed by atoms with Gasteiger partial charge < -0.3 is 10.6 Å². The molecule has 1 heterocycles. The van der Waals surface area contributed by atoms with Crippen LogP contribution >= 0.6 is 12.4 Å². The first kappa shape index (κ1) is 17.7. The van der Waals surface area contributed by atoms with E-state index in [4.69, 9.17) is 0 Å². The van der Waals surface area contributed by atoms with E-state index in [0.717, 1.165) is 25.6 Å². The molecule has 3 N–H and O–H groups in total. The molecule has 6 nitrogen and oxygen atoms in total. The highest BCUT2D eigenvalue weighted by Gasteiger charge is 2.20. The molecule has 1 aliphatic rings. The second-order valence-corrected chi connectivity index (χ2v) is 6.73. The fraction of sp³-hybridized carbons (Fsp3) is 0.462. The van der Waals surface area contributed by atoms with Gasteiger partial charge in [0.1, 0.15) is 0 Å². The van der Waals surface area contributed by atoms with Crippen LogP contribution in [0.1, 0.15) is 12.8 Å². The second kappa shape index (κ2) is 7.63. The van der Waals surface area contributed by atoms with E-state index in [0.29, 0.717) is 17.9 Å². The van der Waals surface area contributed by atoms with Crippen LogP contribution in [0.3, 0.4) is 0 Å². The molecule has 0 aromatic heterocycles.